The smallest absolute Gasteiger partial charge is 0.223 e. The molecule has 4 N–H and O–H groups in total. The molecule has 0 aromatic heterocycles. The highest BCUT2D eigenvalue weighted by atomic mass is 16.1. The molecule has 1 amide bonds. The number of benzene rings is 1. The van der Waals surface area contributed by atoms with Crippen LogP contribution in [-0.2, 0) is 11.2 Å². The van der Waals surface area contributed by atoms with E-state index in [1.807, 2.05) is 12.1 Å². The van der Waals surface area contributed by atoms with Gasteiger partial charge in [0.2, 0.25) is 5.91 Å². The summed E-state index contributed by atoms with van der Waals surface area (Å²) in [5, 5.41) is 6.55. The minimum absolute atomic E-state index is 0.175. The lowest BCUT2D eigenvalue weighted by molar-refractivity contribution is -0.129. The quantitative estimate of drug-likeness (QED) is 0.676. The molecule has 2 rings (SSSR count). The summed E-state index contributed by atoms with van der Waals surface area (Å²) in [5.74, 6) is 2.18. The number of nitrogens with one attached hydrogen (secondary N) is 2. The first-order chi connectivity index (χ1) is 12.0. The highest BCUT2D eigenvalue weighted by Crippen LogP contribution is 2.38. The Labute approximate surface area is 153 Å². The van der Waals surface area contributed by atoms with Crippen molar-refractivity contribution in [3.05, 3.63) is 29.8 Å². The SMILES string of the molecule is CC1CC[C@@H](C(C)C)C(C(=O)NCCc2ccccc2NCCN)C1. The van der Waals surface area contributed by atoms with Gasteiger partial charge in [-0.3, -0.25) is 4.79 Å². The van der Waals surface area contributed by atoms with Gasteiger partial charge in [0.25, 0.3) is 0 Å². The number of hydrogen-bond acceptors (Lipinski definition) is 3. The molecule has 0 bridgehead atoms. The van der Waals surface area contributed by atoms with E-state index in [1.54, 1.807) is 0 Å². The minimum Gasteiger partial charge on any atom is -0.384 e. The van der Waals surface area contributed by atoms with Gasteiger partial charge in [0, 0.05) is 31.2 Å². The summed E-state index contributed by atoms with van der Waals surface area (Å²) in [7, 11) is 0. The van der Waals surface area contributed by atoms with Crippen LogP contribution in [0.5, 0.6) is 0 Å². The summed E-state index contributed by atoms with van der Waals surface area (Å²) in [6, 6.07) is 8.26. The second kappa shape index (κ2) is 9.81. The van der Waals surface area contributed by atoms with Crippen LogP contribution in [-0.4, -0.2) is 25.5 Å². The third-order valence-electron chi connectivity index (χ3n) is 5.53. The zero-order valence-electron chi connectivity index (χ0n) is 16.1. The van der Waals surface area contributed by atoms with E-state index in [9.17, 15) is 4.79 Å². The standard InChI is InChI=1S/C21H35N3O/c1-15(2)18-9-8-16(3)14-19(18)21(25)24-12-10-17-6-4-5-7-20(17)23-13-11-22/h4-7,15-16,18-19,23H,8-14,22H2,1-3H3,(H,24,25)/t16?,18-,19?/m0/s1. The average molecular weight is 346 g/mol. The maximum atomic E-state index is 12.8. The summed E-state index contributed by atoms with van der Waals surface area (Å²) in [4.78, 5) is 12.8. The summed E-state index contributed by atoms with van der Waals surface area (Å²) < 4.78 is 0. The van der Waals surface area contributed by atoms with Gasteiger partial charge in [-0.2, -0.15) is 0 Å². The third-order valence-corrected chi connectivity index (χ3v) is 5.53. The van der Waals surface area contributed by atoms with Crippen molar-refractivity contribution in [2.24, 2.45) is 29.4 Å². The van der Waals surface area contributed by atoms with Gasteiger partial charge in [0.05, 0.1) is 0 Å². The van der Waals surface area contributed by atoms with Crippen LogP contribution in [0.4, 0.5) is 5.69 Å². The molecule has 0 heterocycles. The number of anilines is 1. The fourth-order valence-electron chi connectivity index (χ4n) is 4.07. The molecule has 4 heteroatoms. The van der Waals surface area contributed by atoms with E-state index in [4.69, 9.17) is 5.73 Å². The van der Waals surface area contributed by atoms with Crippen LogP contribution in [0.3, 0.4) is 0 Å². The normalized spacial score (nSPS) is 23.5. The maximum absolute atomic E-state index is 12.8. The van der Waals surface area contributed by atoms with Gasteiger partial charge in [-0.15, -0.1) is 0 Å². The van der Waals surface area contributed by atoms with Crippen molar-refractivity contribution in [3.8, 4) is 0 Å². The molecule has 25 heavy (non-hydrogen) atoms. The van der Waals surface area contributed by atoms with Crippen LogP contribution in [0.25, 0.3) is 0 Å². The fraction of sp³-hybridized carbons (Fsp3) is 0.667. The number of nitrogens with two attached hydrogens (primary N) is 1. The van der Waals surface area contributed by atoms with Crippen molar-refractivity contribution in [2.75, 3.05) is 25.0 Å². The number of carbonyl (C=O) groups is 1. The zero-order valence-corrected chi connectivity index (χ0v) is 16.1. The molecule has 1 aromatic rings. The summed E-state index contributed by atoms with van der Waals surface area (Å²) in [6.45, 7) is 8.84. The first-order valence-corrected chi connectivity index (χ1v) is 9.82. The average Bonchev–Trinajstić information content (AvgIpc) is 2.60. The van der Waals surface area contributed by atoms with Crippen molar-refractivity contribution < 1.29 is 4.79 Å². The fourth-order valence-corrected chi connectivity index (χ4v) is 4.07. The Morgan fingerprint density at radius 1 is 1.24 bits per heavy atom. The van der Waals surface area contributed by atoms with Gasteiger partial charge in [-0.25, -0.2) is 0 Å². The lowest BCUT2D eigenvalue weighted by Gasteiger charge is -2.36. The molecule has 0 aliphatic heterocycles. The van der Waals surface area contributed by atoms with E-state index < -0.39 is 0 Å². The number of hydrogen-bond donors (Lipinski definition) is 3. The molecule has 1 fully saturated rings. The van der Waals surface area contributed by atoms with Crippen molar-refractivity contribution in [1.29, 1.82) is 0 Å². The van der Waals surface area contributed by atoms with E-state index in [0.717, 1.165) is 25.1 Å². The van der Waals surface area contributed by atoms with Crippen LogP contribution in [0.1, 0.15) is 45.6 Å². The van der Waals surface area contributed by atoms with Crippen molar-refractivity contribution in [3.63, 3.8) is 0 Å². The van der Waals surface area contributed by atoms with Gasteiger partial charge >= 0.3 is 0 Å². The van der Waals surface area contributed by atoms with E-state index >= 15 is 0 Å². The lowest BCUT2D eigenvalue weighted by Crippen LogP contribution is -2.40. The largest absolute Gasteiger partial charge is 0.384 e. The van der Waals surface area contributed by atoms with Crippen LogP contribution < -0.4 is 16.4 Å². The van der Waals surface area contributed by atoms with Crippen LogP contribution in [0.15, 0.2) is 24.3 Å². The highest BCUT2D eigenvalue weighted by molar-refractivity contribution is 5.79. The third kappa shape index (κ3) is 5.74. The van der Waals surface area contributed by atoms with Gasteiger partial charge < -0.3 is 16.4 Å². The minimum atomic E-state index is 0.175. The molecule has 1 aromatic carbocycles. The molecule has 4 nitrogen and oxygen atoms in total. The monoisotopic (exact) mass is 345 g/mol. The van der Waals surface area contributed by atoms with Gasteiger partial charge in [-0.05, 0) is 48.6 Å². The molecule has 1 saturated carbocycles. The Morgan fingerprint density at radius 2 is 2.00 bits per heavy atom. The van der Waals surface area contributed by atoms with Gasteiger partial charge in [0.15, 0.2) is 0 Å². The summed E-state index contributed by atoms with van der Waals surface area (Å²) >= 11 is 0. The molecule has 1 aliphatic carbocycles. The lowest BCUT2D eigenvalue weighted by atomic mass is 9.70. The van der Waals surface area contributed by atoms with E-state index in [1.165, 1.54) is 18.4 Å². The molecule has 1 aliphatic rings. The molecule has 0 saturated heterocycles. The van der Waals surface area contributed by atoms with Gasteiger partial charge in [0.1, 0.15) is 0 Å². The molecule has 3 atom stereocenters. The Bertz CT molecular complexity index is 544. The number of carbonyl (C=O) groups excluding carboxylic acids is 1. The Hall–Kier alpha value is -1.55. The van der Waals surface area contributed by atoms with E-state index in [0.29, 0.717) is 30.8 Å². The second-order valence-corrected chi connectivity index (χ2v) is 7.85. The van der Waals surface area contributed by atoms with Crippen LogP contribution in [0, 0.1) is 23.7 Å². The first kappa shape index (κ1) is 19.8. The van der Waals surface area contributed by atoms with E-state index in [-0.39, 0.29) is 11.8 Å². The van der Waals surface area contributed by atoms with Crippen molar-refractivity contribution >= 4 is 11.6 Å². The number of amides is 1. The van der Waals surface area contributed by atoms with Crippen LogP contribution >= 0.6 is 0 Å². The Kier molecular flexibility index (Phi) is 7.76. The van der Waals surface area contributed by atoms with E-state index in [2.05, 4.69) is 43.5 Å². The molecular weight excluding hydrogens is 310 g/mol. The Morgan fingerprint density at radius 3 is 2.72 bits per heavy atom. The first-order valence-electron chi connectivity index (χ1n) is 9.82. The van der Waals surface area contributed by atoms with Gasteiger partial charge in [-0.1, -0.05) is 45.4 Å². The number of rotatable bonds is 8. The highest BCUT2D eigenvalue weighted by Gasteiger charge is 2.35. The second-order valence-electron chi connectivity index (χ2n) is 7.85. The predicted octanol–water partition coefficient (Wildman–Crippen LogP) is 3.42. The summed E-state index contributed by atoms with van der Waals surface area (Å²) in [5.41, 5.74) is 7.93. The molecule has 2 unspecified atom stereocenters. The zero-order chi connectivity index (χ0) is 18.2. The molecule has 0 spiro atoms. The Balaban J connectivity index is 1.89. The molecule has 140 valence electrons. The molecular formula is C21H35N3O. The van der Waals surface area contributed by atoms with Crippen molar-refractivity contribution in [2.45, 2.75) is 46.5 Å². The molecule has 0 radical (unpaired) electrons. The number of para-hydroxylation sites is 1. The topological polar surface area (TPSA) is 67.2 Å². The summed E-state index contributed by atoms with van der Waals surface area (Å²) in [6.07, 6.45) is 4.31. The maximum Gasteiger partial charge on any atom is 0.223 e. The van der Waals surface area contributed by atoms with Crippen LogP contribution in [0.2, 0.25) is 0 Å². The predicted molar refractivity (Wildman–Crippen MR) is 106 cm³/mol. The van der Waals surface area contributed by atoms with Crippen molar-refractivity contribution in [1.82, 2.24) is 5.32 Å².